The second-order valence-corrected chi connectivity index (χ2v) is 3.81. The Hall–Kier alpha value is -2.23. The van der Waals surface area contributed by atoms with E-state index in [4.69, 9.17) is 0 Å². The molecule has 2 aromatic carbocycles. The molecule has 1 radical (unpaired) electrons. The van der Waals surface area contributed by atoms with Crippen molar-refractivity contribution in [2.24, 2.45) is 0 Å². The monoisotopic (exact) mass is 246 g/mol. The lowest BCUT2D eigenvalue weighted by molar-refractivity contribution is 0.102. The van der Waals surface area contributed by atoms with Gasteiger partial charge in [-0.15, -0.1) is 0 Å². The lowest BCUT2D eigenvalue weighted by Gasteiger charge is -2.06. The van der Waals surface area contributed by atoms with Crippen LogP contribution in [-0.2, 0) is 0 Å². The Bertz CT molecular complexity index is 559. The number of halogens is 2. The summed E-state index contributed by atoms with van der Waals surface area (Å²) in [6.45, 7) is 3.70. The largest absolute Gasteiger partial charge is 0.322 e. The number of amides is 1. The van der Waals surface area contributed by atoms with E-state index >= 15 is 0 Å². The first-order valence-electron chi connectivity index (χ1n) is 5.24. The molecule has 0 unspecified atom stereocenters. The fraction of sp³-hybridized carbons (Fsp3) is 0. The maximum Gasteiger partial charge on any atom is 0.255 e. The predicted octanol–water partition coefficient (Wildman–Crippen LogP) is 3.40. The summed E-state index contributed by atoms with van der Waals surface area (Å²) in [6.07, 6.45) is 0. The Morgan fingerprint density at radius 2 is 1.56 bits per heavy atom. The molecule has 2 aromatic rings. The van der Waals surface area contributed by atoms with Crippen LogP contribution in [0.15, 0.2) is 42.5 Å². The fourth-order valence-electron chi connectivity index (χ4n) is 1.49. The van der Waals surface area contributed by atoms with Gasteiger partial charge in [-0.1, -0.05) is 12.1 Å². The van der Waals surface area contributed by atoms with Gasteiger partial charge in [0.15, 0.2) is 0 Å². The Morgan fingerprint density at radius 3 is 2.11 bits per heavy atom. The first kappa shape index (κ1) is 12.2. The van der Waals surface area contributed by atoms with Crippen molar-refractivity contribution in [3.05, 3.63) is 72.1 Å². The van der Waals surface area contributed by atoms with Gasteiger partial charge in [0.2, 0.25) is 0 Å². The van der Waals surface area contributed by atoms with Gasteiger partial charge in [-0.3, -0.25) is 4.79 Å². The molecule has 2 nitrogen and oxygen atoms in total. The molecular weight excluding hydrogens is 236 g/mol. The SMILES string of the molecule is [CH2]c1ccc(C(=O)Nc2cc(F)cc(F)c2)cc1. The summed E-state index contributed by atoms with van der Waals surface area (Å²) in [5.41, 5.74) is 1.26. The summed E-state index contributed by atoms with van der Waals surface area (Å²) >= 11 is 0. The fourth-order valence-corrected chi connectivity index (χ4v) is 1.49. The van der Waals surface area contributed by atoms with Gasteiger partial charge in [0, 0.05) is 17.3 Å². The molecule has 0 heterocycles. The second-order valence-electron chi connectivity index (χ2n) is 3.81. The highest BCUT2D eigenvalue weighted by Gasteiger charge is 2.07. The van der Waals surface area contributed by atoms with E-state index in [0.717, 1.165) is 23.8 Å². The van der Waals surface area contributed by atoms with E-state index in [1.165, 1.54) is 0 Å². The Labute approximate surface area is 103 Å². The third-order valence-corrected chi connectivity index (χ3v) is 2.34. The topological polar surface area (TPSA) is 29.1 Å². The third-order valence-electron chi connectivity index (χ3n) is 2.34. The maximum atomic E-state index is 12.9. The van der Waals surface area contributed by atoms with Gasteiger partial charge in [0.25, 0.3) is 5.91 Å². The molecule has 1 amide bonds. The Balaban J connectivity index is 2.18. The van der Waals surface area contributed by atoms with Crippen molar-refractivity contribution in [1.29, 1.82) is 0 Å². The van der Waals surface area contributed by atoms with Crippen LogP contribution >= 0.6 is 0 Å². The number of carbonyl (C=O) groups excluding carboxylic acids is 1. The van der Waals surface area contributed by atoms with Gasteiger partial charge in [0.05, 0.1) is 0 Å². The molecule has 0 aliphatic carbocycles. The van der Waals surface area contributed by atoms with Crippen molar-refractivity contribution in [2.75, 3.05) is 5.32 Å². The maximum absolute atomic E-state index is 12.9. The molecule has 0 fully saturated rings. The van der Waals surface area contributed by atoms with Crippen LogP contribution in [0, 0.1) is 18.6 Å². The summed E-state index contributed by atoms with van der Waals surface area (Å²) in [5, 5.41) is 2.42. The molecule has 0 saturated heterocycles. The molecular formula is C14H10F2NO. The van der Waals surface area contributed by atoms with E-state index in [-0.39, 0.29) is 5.69 Å². The van der Waals surface area contributed by atoms with Gasteiger partial charge < -0.3 is 5.32 Å². The Morgan fingerprint density at radius 1 is 1.00 bits per heavy atom. The molecule has 1 N–H and O–H groups in total. The molecule has 0 saturated carbocycles. The zero-order chi connectivity index (χ0) is 13.1. The van der Waals surface area contributed by atoms with Gasteiger partial charge in [0.1, 0.15) is 11.6 Å². The summed E-state index contributed by atoms with van der Waals surface area (Å²) in [5.74, 6) is -1.91. The van der Waals surface area contributed by atoms with Crippen LogP contribution in [0.5, 0.6) is 0 Å². The van der Waals surface area contributed by atoms with Gasteiger partial charge in [-0.25, -0.2) is 8.78 Å². The standard InChI is InChI=1S/C14H10F2NO/c1-9-2-4-10(5-3-9)14(18)17-13-7-11(15)6-12(16)8-13/h2-8H,1H2,(H,17,18). The van der Waals surface area contributed by atoms with Gasteiger partial charge in [-0.2, -0.15) is 0 Å². The molecule has 18 heavy (non-hydrogen) atoms. The molecule has 0 bridgehead atoms. The van der Waals surface area contributed by atoms with Crippen LogP contribution in [0.25, 0.3) is 0 Å². The molecule has 0 spiro atoms. The van der Waals surface area contributed by atoms with E-state index in [2.05, 4.69) is 12.2 Å². The lowest BCUT2D eigenvalue weighted by Crippen LogP contribution is -2.12. The van der Waals surface area contributed by atoms with Crippen LogP contribution in [0.2, 0.25) is 0 Å². The molecule has 0 aliphatic rings. The predicted molar refractivity (Wildman–Crippen MR) is 65.2 cm³/mol. The number of anilines is 1. The second kappa shape index (κ2) is 4.96. The molecule has 4 heteroatoms. The number of nitrogens with one attached hydrogen (secondary N) is 1. The Kier molecular flexibility index (Phi) is 3.37. The average molecular weight is 246 g/mol. The minimum absolute atomic E-state index is 0.0798. The zero-order valence-corrected chi connectivity index (χ0v) is 9.41. The summed E-state index contributed by atoms with van der Waals surface area (Å²) in [6, 6.07) is 9.39. The van der Waals surface area contributed by atoms with Gasteiger partial charge >= 0.3 is 0 Å². The molecule has 91 valence electrons. The third kappa shape index (κ3) is 2.91. The first-order valence-corrected chi connectivity index (χ1v) is 5.24. The number of hydrogen-bond acceptors (Lipinski definition) is 1. The van der Waals surface area contributed by atoms with E-state index in [1.807, 2.05) is 0 Å². The van der Waals surface area contributed by atoms with Crippen molar-refractivity contribution in [3.63, 3.8) is 0 Å². The highest BCUT2D eigenvalue weighted by atomic mass is 19.1. The molecule has 0 atom stereocenters. The smallest absolute Gasteiger partial charge is 0.255 e. The average Bonchev–Trinajstić information content (AvgIpc) is 2.28. The van der Waals surface area contributed by atoms with Crippen LogP contribution in [0.1, 0.15) is 15.9 Å². The molecule has 0 aromatic heterocycles. The highest BCUT2D eigenvalue weighted by molar-refractivity contribution is 6.04. The zero-order valence-electron chi connectivity index (χ0n) is 9.41. The van der Waals surface area contributed by atoms with E-state index < -0.39 is 17.5 Å². The van der Waals surface area contributed by atoms with E-state index in [0.29, 0.717) is 5.56 Å². The van der Waals surface area contributed by atoms with Crippen molar-refractivity contribution in [3.8, 4) is 0 Å². The van der Waals surface area contributed by atoms with Crippen molar-refractivity contribution in [1.82, 2.24) is 0 Å². The minimum Gasteiger partial charge on any atom is -0.322 e. The molecule has 2 rings (SSSR count). The number of carbonyl (C=O) groups is 1. The summed E-state index contributed by atoms with van der Waals surface area (Å²) in [4.78, 5) is 11.8. The van der Waals surface area contributed by atoms with E-state index in [9.17, 15) is 13.6 Å². The number of benzene rings is 2. The number of hydrogen-bond donors (Lipinski definition) is 1. The number of rotatable bonds is 2. The summed E-state index contributed by atoms with van der Waals surface area (Å²) in [7, 11) is 0. The van der Waals surface area contributed by atoms with E-state index in [1.54, 1.807) is 24.3 Å². The van der Waals surface area contributed by atoms with Crippen LogP contribution < -0.4 is 5.32 Å². The molecule has 0 aliphatic heterocycles. The first-order chi connectivity index (χ1) is 8.54. The van der Waals surface area contributed by atoms with Crippen molar-refractivity contribution in [2.45, 2.75) is 0 Å². The van der Waals surface area contributed by atoms with Crippen molar-refractivity contribution >= 4 is 11.6 Å². The minimum atomic E-state index is -0.738. The quantitative estimate of drug-likeness (QED) is 0.864. The van der Waals surface area contributed by atoms with Crippen molar-refractivity contribution < 1.29 is 13.6 Å². The van der Waals surface area contributed by atoms with Crippen LogP contribution in [0.3, 0.4) is 0 Å². The van der Waals surface area contributed by atoms with Crippen LogP contribution in [0.4, 0.5) is 14.5 Å². The lowest BCUT2D eigenvalue weighted by atomic mass is 10.1. The normalized spacial score (nSPS) is 10.2. The highest BCUT2D eigenvalue weighted by Crippen LogP contribution is 2.14. The van der Waals surface area contributed by atoms with Crippen LogP contribution in [-0.4, -0.2) is 5.91 Å². The summed E-state index contributed by atoms with van der Waals surface area (Å²) < 4.78 is 25.9. The van der Waals surface area contributed by atoms with Gasteiger partial charge in [-0.05, 0) is 36.8 Å².